The van der Waals surface area contributed by atoms with Gasteiger partial charge in [0.05, 0.1) is 13.2 Å². The van der Waals surface area contributed by atoms with Crippen LogP contribution in [0.3, 0.4) is 0 Å². The molecule has 15 heavy (non-hydrogen) atoms. The fraction of sp³-hybridized carbons (Fsp3) is 0.917. The summed E-state index contributed by atoms with van der Waals surface area (Å²) in [6.45, 7) is 12.6. The number of ether oxygens (including phenoxy) is 1. The number of rotatable bonds is 5. The van der Waals surface area contributed by atoms with Gasteiger partial charge < -0.3 is 4.74 Å². The smallest absolute Gasteiger partial charge is 0.0594 e. The highest BCUT2D eigenvalue weighted by atomic mass is 16.5. The van der Waals surface area contributed by atoms with Crippen LogP contribution in [0.4, 0.5) is 0 Å². The molecule has 0 spiro atoms. The van der Waals surface area contributed by atoms with Crippen LogP contribution >= 0.6 is 0 Å². The summed E-state index contributed by atoms with van der Waals surface area (Å²) in [7, 11) is 0. The molecule has 0 unspecified atom stereocenters. The van der Waals surface area contributed by atoms with Crippen molar-refractivity contribution in [2.24, 2.45) is 10.4 Å². The summed E-state index contributed by atoms with van der Waals surface area (Å²) in [6.07, 6.45) is 3.25. The van der Waals surface area contributed by atoms with Crippen LogP contribution < -0.4 is 0 Å². The molecule has 0 aliphatic carbocycles. The van der Waals surface area contributed by atoms with Crippen LogP contribution in [0.1, 0.15) is 27.2 Å². The number of hydrogen-bond donors (Lipinski definition) is 0. The molecule has 1 aliphatic heterocycles. The second-order valence-corrected chi connectivity index (χ2v) is 4.91. The largest absolute Gasteiger partial charge is 0.379 e. The van der Waals surface area contributed by atoms with Crippen molar-refractivity contribution in [1.82, 2.24) is 4.90 Å². The van der Waals surface area contributed by atoms with Gasteiger partial charge in [-0.25, -0.2) is 0 Å². The van der Waals surface area contributed by atoms with Crippen LogP contribution in [0.2, 0.25) is 0 Å². The number of hydrogen-bond acceptors (Lipinski definition) is 3. The second kappa shape index (κ2) is 6.23. The van der Waals surface area contributed by atoms with Crippen LogP contribution in [0.15, 0.2) is 4.99 Å². The van der Waals surface area contributed by atoms with Crippen LogP contribution in [0.25, 0.3) is 0 Å². The SMILES string of the molecule is CCCN=CC(C)(C)CN1CCOCC1. The van der Waals surface area contributed by atoms with E-state index >= 15 is 0 Å². The minimum absolute atomic E-state index is 0.187. The highest BCUT2D eigenvalue weighted by Gasteiger charge is 2.21. The van der Waals surface area contributed by atoms with Gasteiger partial charge in [-0.05, 0) is 6.42 Å². The molecular formula is C12H24N2O. The molecule has 1 fully saturated rings. The maximum absolute atomic E-state index is 5.34. The van der Waals surface area contributed by atoms with Crippen molar-refractivity contribution in [1.29, 1.82) is 0 Å². The summed E-state index contributed by atoms with van der Waals surface area (Å²) in [5, 5.41) is 0. The van der Waals surface area contributed by atoms with E-state index in [4.69, 9.17) is 4.74 Å². The number of morpholine rings is 1. The zero-order chi connectivity index (χ0) is 11.1. The molecule has 0 N–H and O–H groups in total. The molecule has 0 aromatic carbocycles. The van der Waals surface area contributed by atoms with Crippen LogP contribution in [-0.4, -0.2) is 50.5 Å². The Kier molecular flexibility index (Phi) is 5.26. The molecule has 3 heteroatoms. The van der Waals surface area contributed by atoms with Gasteiger partial charge in [-0.15, -0.1) is 0 Å². The predicted octanol–water partition coefficient (Wildman–Crippen LogP) is 1.83. The average molecular weight is 212 g/mol. The van der Waals surface area contributed by atoms with Gasteiger partial charge in [-0.2, -0.15) is 0 Å². The van der Waals surface area contributed by atoms with Crippen molar-refractivity contribution in [3.8, 4) is 0 Å². The first-order valence-corrected chi connectivity index (χ1v) is 5.95. The first-order valence-electron chi connectivity index (χ1n) is 5.95. The molecule has 1 aliphatic rings. The van der Waals surface area contributed by atoms with E-state index in [1.54, 1.807) is 0 Å². The number of aliphatic imine (C=N–C) groups is 1. The van der Waals surface area contributed by atoms with Crippen molar-refractivity contribution >= 4 is 6.21 Å². The zero-order valence-electron chi connectivity index (χ0n) is 10.3. The normalized spacial score (nSPS) is 19.9. The predicted molar refractivity (Wildman–Crippen MR) is 64.7 cm³/mol. The lowest BCUT2D eigenvalue weighted by Crippen LogP contribution is -2.42. The van der Waals surface area contributed by atoms with E-state index in [0.717, 1.165) is 45.8 Å². The van der Waals surface area contributed by atoms with Gasteiger partial charge >= 0.3 is 0 Å². The van der Waals surface area contributed by atoms with E-state index < -0.39 is 0 Å². The van der Waals surface area contributed by atoms with Crippen LogP contribution in [-0.2, 0) is 4.74 Å². The van der Waals surface area contributed by atoms with E-state index in [2.05, 4.69) is 36.9 Å². The second-order valence-electron chi connectivity index (χ2n) is 4.91. The fourth-order valence-corrected chi connectivity index (χ4v) is 1.82. The van der Waals surface area contributed by atoms with Gasteiger partial charge in [0.1, 0.15) is 0 Å². The molecule has 0 aromatic heterocycles. The van der Waals surface area contributed by atoms with Crippen molar-refractivity contribution in [3.63, 3.8) is 0 Å². The molecular weight excluding hydrogens is 188 g/mol. The lowest BCUT2D eigenvalue weighted by Gasteiger charge is -2.32. The van der Waals surface area contributed by atoms with Gasteiger partial charge in [0.2, 0.25) is 0 Å². The minimum Gasteiger partial charge on any atom is -0.379 e. The van der Waals surface area contributed by atoms with Crippen molar-refractivity contribution < 1.29 is 4.74 Å². The van der Waals surface area contributed by atoms with Gasteiger partial charge in [-0.1, -0.05) is 20.8 Å². The Labute approximate surface area is 93.5 Å². The average Bonchev–Trinajstić information content (AvgIpc) is 2.18. The van der Waals surface area contributed by atoms with Crippen molar-refractivity contribution in [2.45, 2.75) is 27.2 Å². The maximum atomic E-state index is 5.34. The molecule has 0 saturated carbocycles. The third-order valence-corrected chi connectivity index (χ3v) is 2.53. The van der Waals surface area contributed by atoms with Crippen LogP contribution in [0.5, 0.6) is 0 Å². The lowest BCUT2D eigenvalue weighted by atomic mass is 9.94. The number of nitrogens with zero attached hydrogens (tertiary/aromatic N) is 2. The van der Waals surface area contributed by atoms with Gasteiger partial charge in [0.15, 0.2) is 0 Å². The Morgan fingerprint density at radius 1 is 1.33 bits per heavy atom. The molecule has 0 aromatic rings. The van der Waals surface area contributed by atoms with E-state index in [1.165, 1.54) is 0 Å². The molecule has 0 bridgehead atoms. The monoisotopic (exact) mass is 212 g/mol. The van der Waals surface area contributed by atoms with E-state index in [9.17, 15) is 0 Å². The highest BCUT2D eigenvalue weighted by molar-refractivity contribution is 5.64. The Hall–Kier alpha value is -0.410. The van der Waals surface area contributed by atoms with E-state index in [0.29, 0.717) is 0 Å². The summed E-state index contributed by atoms with van der Waals surface area (Å²) in [5.74, 6) is 0. The Balaban J connectivity index is 2.33. The Morgan fingerprint density at radius 3 is 2.60 bits per heavy atom. The summed E-state index contributed by atoms with van der Waals surface area (Å²) >= 11 is 0. The van der Waals surface area contributed by atoms with Crippen molar-refractivity contribution in [3.05, 3.63) is 0 Å². The molecule has 0 amide bonds. The third-order valence-electron chi connectivity index (χ3n) is 2.53. The molecule has 3 nitrogen and oxygen atoms in total. The molecule has 1 saturated heterocycles. The first-order chi connectivity index (χ1) is 7.14. The third kappa shape index (κ3) is 5.28. The van der Waals surface area contributed by atoms with E-state index in [1.807, 2.05) is 0 Å². The first kappa shape index (κ1) is 12.7. The standard InChI is InChI=1S/C12H24N2O/c1-4-5-13-10-12(2,3)11-14-6-8-15-9-7-14/h10H,4-9,11H2,1-3H3. The van der Waals surface area contributed by atoms with Gasteiger partial charge in [0.25, 0.3) is 0 Å². The molecule has 1 rings (SSSR count). The quantitative estimate of drug-likeness (QED) is 0.649. The zero-order valence-corrected chi connectivity index (χ0v) is 10.3. The molecule has 0 radical (unpaired) electrons. The maximum Gasteiger partial charge on any atom is 0.0594 e. The molecule has 1 heterocycles. The fourth-order valence-electron chi connectivity index (χ4n) is 1.82. The Morgan fingerprint density at radius 2 is 2.00 bits per heavy atom. The van der Waals surface area contributed by atoms with Crippen LogP contribution in [0, 0.1) is 5.41 Å². The summed E-state index contributed by atoms with van der Waals surface area (Å²) < 4.78 is 5.34. The molecule has 0 atom stereocenters. The minimum atomic E-state index is 0.187. The topological polar surface area (TPSA) is 24.8 Å². The van der Waals surface area contributed by atoms with Crippen molar-refractivity contribution in [2.75, 3.05) is 39.4 Å². The lowest BCUT2D eigenvalue weighted by molar-refractivity contribution is 0.0290. The summed E-state index contributed by atoms with van der Waals surface area (Å²) in [5.41, 5.74) is 0.187. The van der Waals surface area contributed by atoms with E-state index in [-0.39, 0.29) is 5.41 Å². The molecule has 88 valence electrons. The highest BCUT2D eigenvalue weighted by Crippen LogP contribution is 2.15. The summed E-state index contributed by atoms with van der Waals surface area (Å²) in [4.78, 5) is 6.90. The summed E-state index contributed by atoms with van der Waals surface area (Å²) in [6, 6.07) is 0. The van der Waals surface area contributed by atoms with Gasteiger partial charge in [-0.3, -0.25) is 9.89 Å². The Bertz CT molecular complexity index is 196. The van der Waals surface area contributed by atoms with Gasteiger partial charge in [0, 0.05) is 37.8 Å².